The van der Waals surface area contributed by atoms with E-state index in [0.29, 0.717) is 25.7 Å². The minimum atomic E-state index is -1.10. The first kappa shape index (κ1) is 24.4. The molecule has 2 rings (SSSR count). The van der Waals surface area contributed by atoms with Crippen molar-refractivity contribution in [1.29, 1.82) is 0 Å². The number of esters is 1. The lowest BCUT2D eigenvalue weighted by Crippen LogP contribution is -2.43. The topological polar surface area (TPSA) is 124 Å². The molecule has 0 aromatic carbocycles. The van der Waals surface area contributed by atoms with Crippen LogP contribution in [-0.4, -0.2) is 56.8 Å². The smallest absolute Gasteiger partial charge is 0.313 e. The fraction of sp³-hybridized carbons (Fsp3) is 0.696. The van der Waals surface area contributed by atoms with Crippen molar-refractivity contribution in [1.82, 2.24) is 0 Å². The molecule has 7 nitrogen and oxygen atoms in total. The third-order valence-electron chi connectivity index (χ3n) is 6.26. The van der Waals surface area contributed by atoms with Gasteiger partial charge in [0.15, 0.2) is 0 Å². The van der Waals surface area contributed by atoms with E-state index in [4.69, 9.17) is 9.84 Å². The summed E-state index contributed by atoms with van der Waals surface area (Å²) in [6.45, 7) is 7.60. The van der Waals surface area contributed by atoms with Crippen LogP contribution in [0.5, 0.6) is 0 Å². The van der Waals surface area contributed by atoms with Gasteiger partial charge in [-0.25, -0.2) is 0 Å². The van der Waals surface area contributed by atoms with E-state index in [1.165, 1.54) is 0 Å². The molecule has 0 amide bonds. The maximum atomic E-state index is 12.4. The lowest BCUT2D eigenvalue weighted by Gasteiger charge is -2.43. The Hall–Kier alpha value is -1.83. The van der Waals surface area contributed by atoms with Gasteiger partial charge in [-0.3, -0.25) is 9.59 Å². The van der Waals surface area contributed by atoms with E-state index in [0.717, 1.165) is 5.57 Å². The predicted molar refractivity (Wildman–Crippen MR) is 111 cm³/mol. The van der Waals surface area contributed by atoms with Crippen LogP contribution in [0.4, 0.5) is 0 Å². The Morgan fingerprint density at radius 2 is 2.00 bits per heavy atom. The van der Waals surface area contributed by atoms with Crippen molar-refractivity contribution >= 4 is 11.9 Å². The summed E-state index contributed by atoms with van der Waals surface area (Å²) in [6, 6.07) is 0. The van der Waals surface area contributed by atoms with Gasteiger partial charge in [-0.05, 0) is 43.6 Å². The first-order valence-corrected chi connectivity index (χ1v) is 10.8. The highest BCUT2D eigenvalue weighted by Gasteiger charge is 2.42. The average molecular weight is 424 g/mol. The van der Waals surface area contributed by atoms with Gasteiger partial charge in [-0.15, -0.1) is 0 Å². The zero-order valence-electron chi connectivity index (χ0n) is 17.8. The Labute approximate surface area is 178 Å². The minimum Gasteiger partial charge on any atom is -0.481 e. The molecule has 0 heterocycles. The van der Waals surface area contributed by atoms with Crippen LogP contribution in [0.3, 0.4) is 0 Å². The number of carbonyl (C=O) groups is 2. The maximum Gasteiger partial charge on any atom is 0.313 e. The number of carboxylic acid groups (broad SMARTS) is 1. The van der Waals surface area contributed by atoms with E-state index in [1.54, 1.807) is 6.92 Å². The second-order valence-corrected chi connectivity index (χ2v) is 8.76. The Kier molecular flexibility index (Phi) is 8.94. The minimum absolute atomic E-state index is 0.00868. The van der Waals surface area contributed by atoms with Crippen molar-refractivity contribution in [3.63, 3.8) is 0 Å². The molecular weight excluding hydrogens is 388 g/mol. The van der Waals surface area contributed by atoms with Crippen LogP contribution < -0.4 is 0 Å². The molecule has 0 saturated heterocycles. The summed E-state index contributed by atoms with van der Waals surface area (Å²) in [6.07, 6.45) is 4.24. The number of fused-ring (bicyclic) bond motifs is 1. The van der Waals surface area contributed by atoms with Crippen LogP contribution in [0.25, 0.3) is 0 Å². The second kappa shape index (κ2) is 11.0. The van der Waals surface area contributed by atoms with E-state index < -0.39 is 36.8 Å². The maximum absolute atomic E-state index is 12.4. The summed E-state index contributed by atoms with van der Waals surface area (Å²) < 4.78 is 5.80. The summed E-state index contributed by atoms with van der Waals surface area (Å²) >= 11 is 0. The summed E-state index contributed by atoms with van der Waals surface area (Å²) in [5, 5.41) is 39.0. The van der Waals surface area contributed by atoms with E-state index >= 15 is 0 Å². The normalized spacial score (nSPS) is 31.2. The number of rotatable bonds is 10. The molecule has 4 N–H and O–H groups in total. The largest absolute Gasteiger partial charge is 0.481 e. The fourth-order valence-corrected chi connectivity index (χ4v) is 4.47. The molecule has 7 heteroatoms. The van der Waals surface area contributed by atoms with Crippen LogP contribution >= 0.6 is 0 Å². The van der Waals surface area contributed by atoms with Gasteiger partial charge in [0.2, 0.25) is 0 Å². The molecule has 0 aromatic heterocycles. The lowest BCUT2D eigenvalue weighted by molar-refractivity contribution is -0.159. The first-order valence-electron chi connectivity index (χ1n) is 10.8. The van der Waals surface area contributed by atoms with Gasteiger partial charge >= 0.3 is 11.9 Å². The van der Waals surface area contributed by atoms with Crippen molar-refractivity contribution in [2.24, 2.45) is 23.7 Å². The Bertz CT molecular complexity index is 656. The van der Waals surface area contributed by atoms with Crippen LogP contribution in [0.1, 0.15) is 52.4 Å². The predicted octanol–water partition coefficient (Wildman–Crippen LogP) is 2.25. The Balaban J connectivity index is 2.09. The van der Waals surface area contributed by atoms with Gasteiger partial charge in [0.25, 0.3) is 0 Å². The van der Waals surface area contributed by atoms with Crippen molar-refractivity contribution < 1.29 is 34.8 Å². The van der Waals surface area contributed by atoms with E-state index in [-0.39, 0.29) is 36.1 Å². The highest BCUT2D eigenvalue weighted by Crippen LogP contribution is 2.44. The molecular formula is C23H35O7+. The number of hydrogen-bond donors (Lipinski definition) is 4. The molecule has 2 aliphatic rings. The molecule has 0 fully saturated rings. The van der Waals surface area contributed by atoms with Gasteiger partial charge in [0.05, 0.1) is 44.0 Å². The SMILES string of the molecule is [CH2+]C[C@H](C)C(=O)O[C@H]1C[C@H](O)C=C2C=C[C@H](C)[C@H](CC[C@@H](O)C[C@@H](O)CC(=O)O)[C@H]21. The standard InChI is InChI=1S/C23H34O7/c1-4-13(2)23(29)30-20-11-17(25)9-15-6-5-14(3)19(22(15)20)8-7-16(24)10-18(26)12-21(27)28/h5-6,9,13-14,16-20,22,24-26H,1,4,7-8,10-12H2,2-3H3/p+1/t13-,14-,16+,17+,18+,19-,20-,22-/m0/s1. The fourth-order valence-electron chi connectivity index (χ4n) is 4.47. The van der Waals surface area contributed by atoms with Gasteiger partial charge in [0.1, 0.15) is 6.10 Å². The van der Waals surface area contributed by atoms with Crippen LogP contribution in [-0.2, 0) is 14.3 Å². The molecule has 0 unspecified atom stereocenters. The number of allylic oxidation sites excluding steroid dienone is 2. The third-order valence-corrected chi connectivity index (χ3v) is 6.26. The molecule has 0 aliphatic heterocycles. The van der Waals surface area contributed by atoms with Crippen molar-refractivity contribution in [2.45, 2.75) is 76.8 Å². The summed E-state index contributed by atoms with van der Waals surface area (Å²) in [5.74, 6) is -1.54. The molecule has 30 heavy (non-hydrogen) atoms. The zero-order valence-corrected chi connectivity index (χ0v) is 17.8. The first-order chi connectivity index (χ1) is 14.1. The summed E-state index contributed by atoms with van der Waals surface area (Å²) in [4.78, 5) is 23.1. The monoisotopic (exact) mass is 423 g/mol. The van der Waals surface area contributed by atoms with Crippen LogP contribution in [0.2, 0.25) is 0 Å². The van der Waals surface area contributed by atoms with E-state index in [1.807, 2.05) is 12.2 Å². The van der Waals surface area contributed by atoms with Crippen molar-refractivity contribution in [2.75, 3.05) is 0 Å². The highest BCUT2D eigenvalue weighted by molar-refractivity contribution is 5.72. The molecule has 8 atom stereocenters. The lowest BCUT2D eigenvalue weighted by atomic mass is 9.66. The molecule has 0 saturated carbocycles. The van der Waals surface area contributed by atoms with Gasteiger partial charge in [0, 0.05) is 12.3 Å². The van der Waals surface area contributed by atoms with Crippen molar-refractivity contribution in [3.8, 4) is 0 Å². The molecule has 168 valence electrons. The number of hydrogen-bond acceptors (Lipinski definition) is 6. The Morgan fingerprint density at radius 1 is 1.30 bits per heavy atom. The van der Waals surface area contributed by atoms with Gasteiger partial charge < -0.3 is 25.2 Å². The third kappa shape index (κ3) is 6.59. The number of ether oxygens (including phenoxy) is 1. The molecule has 2 aliphatic carbocycles. The van der Waals surface area contributed by atoms with E-state index in [9.17, 15) is 24.9 Å². The van der Waals surface area contributed by atoms with Crippen LogP contribution in [0.15, 0.2) is 23.8 Å². The summed E-state index contributed by atoms with van der Waals surface area (Å²) in [7, 11) is 0. The molecule has 0 spiro atoms. The molecule has 0 aromatic rings. The number of carboxylic acids is 1. The van der Waals surface area contributed by atoms with Gasteiger partial charge in [-0.1, -0.05) is 25.2 Å². The van der Waals surface area contributed by atoms with Crippen LogP contribution in [0, 0.1) is 30.6 Å². The van der Waals surface area contributed by atoms with Crippen molar-refractivity contribution in [3.05, 3.63) is 30.7 Å². The quantitative estimate of drug-likeness (QED) is 0.314. The summed E-state index contributed by atoms with van der Waals surface area (Å²) in [5.41, 5.74) is 0.942. The molecule has 0 radical (unpaired) electrons. The van der Waals surface area contributed by atoms with Gasteiger partial charge in [-0.2, -0.15) is 0 Å². The molecule has 0 bridgehead atoms. The zero-order chi connectivity index (χ0) is 22.4. The number of aliphatic hydroxyl groups is 3. The highest BCUT2D eigenvalue weighted by atomic mass is 16.5. The number of carbonyl (C=O) groups excluding carboxylic acids is 1. The van der Waals surface area contributed by atoms with E-state index in [2.05, 4.69) is 19.9 Å². The average Bonchev–Trinajstić information content (AvgIpc) is 2.65. The Morgan fingerprint density at radius 3 is 2.63 bits per heavy atom. The second-order valence-electron chi connectivity index (χ2n) is 8.76. The number of aliphatic carboxylic acids is 1. The number of aliphatic hydroxyl groups excluding tert-OH is 3.